The molecule has 0 spiro atoms. The van der Waals surface area contributed by atoms with Gasteiger partial charge in [0, 0.05) is 84.9 Å². The fourth-order valence-corrected chi connectivity index (χ4v) is 18.8. The lowest BCUT2D eigenvalue weighted by Crippen LogP contribution is -2.06. The first-order valence-electron chi connectivity index (χ1n) is 38.1. The highest BCUT2D eigenvalue weighted by Gasteiger charge is 2.28. The predicted molar refractivity (Wildman–Crippen MR) is 490 cm³/mol. The first-order chi connectivity index (χ1) is 61.9. The summed E-state index contributed by atoms with van der Waals surface area (Å²) >= 11 is 5.38. The van der Waals surface area contributed by atoms with Crippen molar-refractivity contribution in [3.8, 4) is 102 Å². The number of hydrogen-bond acceptors (Lipinski definition) is 26. The molecule has 22 nitrogen and oxygen atoms in total. The third kappa shape index (κ3) is 23.9. The van der Waals surface area contributed by atoms with Crippen molar-refractivity contribution in [3.05, 3.63) is 369 Å². The minimum atomic E-state index is -0.445. The van der Waals surface area contributed by atoms with Crippen LogP contribution in [0.1, 0.15) is 94.3 Å². The number of benzene rings is 12. The number of carbonyl (C=O) groups excluding carboxylic acids is 12. The molecule has 6 N–H and O–H groups in total. The molecule has 646 valence electrons. The van der Waals surface area contributed by atoms with Crippen LogP contribution in [0.4, 0.5) is 4.39 Å². The van der Waals surface area contributed by atoms with Crippen LogP contribution in [-0.4, -0.2) is 78.4 Å². The van der Waals surface area contributed by atoms with Crippen molar-refractivity contribution in [3.63, 3.8) is 0 Å². The third-order valence-corrected chi connectivity index (χ3v) is 23.6. The number of rotatable bonds is 20. The van der Waals surface area contributed by atoms with Crippen LogP contribution in [0.5, 0.6) is 57.5 Å². The largest absolute Gasteiger partial charge is 0.508 e. The Morgan fingerprint density at radius 1 is 0.295 bits per heavy atom. The highest BCUT2D eigenvalue weighted by molar-refractivity contribution is 7.23. The van der Waals surface area contributed by atoms with E-state index in [0.717, 1.165) is 107 Å². The first-order valence-corrected chi connectivity index (χ1v) is 41.4. The maximum absolute atomic E-state index is 13.9. The number of fused-ring (bicyclic) bond motifs is 4. The number of ketones is 4. The van der Waals surface area contributed by atoms with Crippen LogP contribution in [0.25, 0.3) is 84.9 Å². The van der Waals surface area contributed by atoms with Gasteiger partial charge in [0.15, 0.2) is 0 Å². The summed E-state index contributed by atoms with van der Waals surface area (Å²) in [5, 5.41) is 62.8. The number of aromatic hydroxyl groups is 6. The molecule has 0 atom stereocenters. The molecule has 4 aromatic heterocycles. The summed E-state index contributed by atoms with van der Waals surface area (Å²) in [6.07, 6.45) is 6.45. The standard InChI is InChI=1S/C25H20O4S.C25H20O3S.C24H17FO3S.C24H18O4S.4CO2/c1-4-29-19-8-5-16(6-9-19)23-20-10-7-17(26)13-21(20)30-25(23)24(28)22-14(2)11-18(27)12-15(22)3;1-4-28-20-8-5-17(6-9-20)23-21-10-7-19(26)14-22(21)29-25(23)24(27)18-12-15(2)11-16(3)13-18;1-3-28-19-7-4-15(5-8-19)22-20-9-6-18(26)13-21(20)29-24(22)23(27)16-10-14(2)11-17(25)12-16;1-3-28-18-8-4-15(5-9-18)22-20-11-7-17(26)13-21(20)29-24(22)23(27)19-10-6-16(25)12-14(19)2;4*2-1-3/h4-13,26-27H,1H2,2-3H3;4-14,26H,1H2,2-3H3;3-13,26H,1H2,2H3;3-13,25-26H,1H2,2H3;;;;. The number of phenolic OH excluding ortho intramolecular Hbond substituents is 6. The van der Waals surface area contributed by atoms with Crippen molar-refractivity contribution in [1.82, 2.24) is 0 Å². The van der Waals surface area contributed by atoms with E-state index in [1.165, 1.54) is 88.6 Å². The van der Waals surface area contributed by atoms with Crippen molar-refractivity contribution in [1.29, 1.82) is 0 Å². The van der Waals surface area contributed by atoms with E-state index in [1.54, 1.807) is 111 Å². The summed E-state index contributed by atoms with van der Waals surface area (Å²) in [5.41, 5.74) is 13.8. The van der Waals surface area contributed by atoms with Gasteiger partial charge in [-0.05, 0) is 268 Å². The Balaban J connectivity index is 0.000000186. The molecule has 0 amide bonds. The average Bonchev–Trinajstić information content (AvgIpc) is 1.63. The summed E-state index contributed by atoms with van der Waals surface area (Å²) in [5.74, 6) is 2.57. The number of aryl methyl sites for hydroxylation is 6. The zero-order chi connectivity index (χ0) is 93.9. The Kier molecular flexibility index (Phi) is 33.8. The molecule has 0 aliphatic rings. The minimum absolute atomic E-state index is 0.0149. The lowest BCUT2D eigenvalue weighted by molar-refractivity contribution is -0.193. The Morgan fingerprint density at radius 2 is 0.543 bits per heavy atom. The van der Waals surface area contributed by atoms with E-state index in [1.807, 2.05) is 143 Å². The summed E-state index contributed by atoms with van der Waals surface area (Å²) in [6.45, 7) is 25.4. The molecule has 4 heterocycles. The summed E-state index contributed by atoms with van der Waals surface area (Å²) in [7, 11) is 0. The zero-order valence-electron chi connectivity index (χ0n) is 69.4. The van der Waals surface area contributed by atoms with Gasteiger partial charge in [-0.25, -0.2) is 4.39 Å². The van der Waals surface area contributed by atoms with Gasteiger partial charge < -0.3 is 49.6 Å². The summed E-state index contributed by atoms with van der Waals surface area (Å²) in [6, 6.07) is 68.4. The van der Waals surface area contributed by atoms with Crippen molar-refractivity contribution >= 4 is 133 Å². The highest BCUT2D eigenvalue weighted by atomic mass is 32.1. The van der Waals surface area contributed by atoms with Gasteiger partial charge in [0.1, 0.15) is 63.3 Å². The quantitative estimate of drug-likeness (QED) is 0.0305. The van der Waals surface area contributed by atoms with Crippen molar-refractivity contribution in [2.24, 2.45) is 0 Å². The number of carbonyl (C=O) groups is 4. The Morgan fingerprint density at radius 3 is 0.822 bits per heavy atom. The van der Waals surface area contributed by atoms with Gasteiger partial charge in [0.2, 0.25) is 23.1 Å². The van der Waals surface area contributed by atoms with Crippen LogP contribution in [-0.2, 0) is 38.4 Å². The molecule has 16 aromatic rings. The average molecular weight is 1800 g/mol. The second kappa shape index (κ2) is 45.3. The lowest BCUT2D eigenvalue weighted by atomic mass is 9.93. The van der Waals surface area contributed by atoms with Gasteiger partial charge in [-0.15, -0.1) is 45.3 Å². The van der Waals surface area contributed by atoms with Gasteiger partial charge >= 0.3 is 24.6 Å². The SMILES string of the molecule is C=COc1ccc(-c2c(C(=O)c3c(C)cc(O)cc3C)sc3cc(O)ccc23)cc1.C=COc1ccc(-c2c(C(=O)c3cc(C)cc(C)c3)sc3cc(O)ccc23)cc1.C=COc1ccc(-c2c(C(=O)c3cc(C)cc(F)c3)sc3cc(O)ccc23)cc1.C=COc1ccc(-c2c(C(=O)c3ccc(O)cc3C)sc3cc(O)ccc23)cc1.O=C=O.O=C=O.O=C=O.O=C=O. The second-order valence-corrected chi connectivity index (χ2v) is 31.9. The molecule has 0 aliphatic heterocycles. The molecule has 129 heavy (non-hydrogen) atoms. The fraction of sp³-hybridized carbons (Fsp3) is 0.0588. The molecule has 16 rings (SSSR count). The zero-order valence-corrected chi connectivity index (χ0v) is 72.6. The second-order valence-electron chi connectivity index (χ2n) is 27.7. The molecule has 0 radical (unpaired) electrons. The van der Waals surface area contributed by atoms with E-state index in [-0.39, 0.29) is 82.2 Å². The third-order valence-electron chi connectivity index (χ3n) is 19.0. The minimum Gasteiger partial charge on any atom is -0.508 e. The molecular formula is C102H75FO22S4. The van der Waals surface area contributed by atoms with Gasteiger partial charge in [-0.2, -0.15) is 38.4 Å². The summed E-state index contributed by atoms with van der Waals surface area (Å²) in [4.78, 5) is 121. The van der Waals surface area contributed by atoms with Crippen molar-refractivity contribution in [2.75, 3.05) is 0 Å². The van der Waals surface area contributed by atoms with Crippen LogP contribution >= 0.6 is 45.3 Å². The molecule has 0 aliphatic carbocycles. The molecule has 12 aromatic carbocycles. The van der Waals surface area contributed by atoms with Gasteiger partial charge in [0.25, 0.3) is 0 Å². The van der Waals surface area contributed by atoms with Crippen LogP contribution in [0.15, 0.2) is 288 Å². The molecular weight excluding hydrogens is 1720 g/mol. The van der Waals surface area contributed by atoms with Crippen LogP contribution in [0.3, 0.4) is 0 Å². The normalized spacial score (nSPS) is 10.1. The Labute approximate surface area is 752 Å². The predicted octanol–water partition coefficient (Wildman–Crippen LogP) is 23.2. The topological polar surface area (TPSA) is 363 Å². The van der Waals surface area contributed by atoms with Gasteiger partial charge in [0.05, 0.1) is 44.6 Å². The van der Waals surface area contributed by atoms with E-state index >= 15 is 0 Å². The number of halogens is 1. The highest BCUT2D eigenvalue weighted by Crippen LogP contribution is 2.47. The first kappa shape index (κ1) is 96.4. The van der Waals surface area contributed by atoms with E-state index in [4.69, 9.17) is 57.3 Å². The van der Waals surface area contributed by atoms with Crippen molar-refractivity contribution < 1.29 is 112 Å². The monoisotopic (exact) mass is 1800 g/mol. The number of thiophene rings is 4. The Hall–Kier alpha value is -16.4. The van der Waals surface area contributed by atoms with E-state index in [2.05, 4.69) is 32.4 Å². The van der Waals surface area contributed by atoms with E-state index in [0.29, 0.717) is 75.9 Å². The number of hydrogen-bond donors (Lipinski definition) is 6. The number of phenols is 6. The molecule has 0 bridgehead atoms. The van der Waals surface area contributed by atoms with Crippen LogP contribution in [0, 0.1) is 47.4 Å². The lowest BCUT2D eigenvalue weighted by Gasteiger charge is -2.11. The van der Waals surface area contributed by atoms with Gasteiger partial charge in [-0.3, -0.25) is 19.2 Å². The number of ether oxygens (including phenoxy) is 4. The smallest absolute Gasteiger partial charge is 0.373 e. The van der Waals surface area contributed by atoms with E-state index in [9.17, 15) is 54.2 Å². The van der Waals surface area contributed by atoms with E-state index < -0.39 is 5.82 Å². The van der Waals surface area contributed by atoms with Crippen molar-refractivity contribution in [2.45, 2.75) is 41.5 Å². The van der Waals surface area contributed by atoms with Gasteiger partial charge in [-0.1, -0.05) is 92.0 Å². The van der Waals surface area contributed by atoms with Crippen LogP contribution < -0.4 is 18.9 Å². The summed E-state index contributed by atoms with van der Waals surface area (Å²) < 4.78 is 38.4. The van der Waals surface area contributed by atoms with Crippen LogP contribution in [0.2, 0.25) is 0 Å². The molecule has 0 saturated carbocycles. The maximum Gasteiger partial charge on any atom is 0.373 e. The fourth-order valence-electron chi connectivity index (χ4n) is 14.0. The Bertz CT molecular complexity index is 6740. The molecule has 27 heteroatoms. The molecule has 0 unspecified atom stereocenters. The maximum atomic E-state index is 13.9. The molecule has 0 fully saturated rings. The molecule has 0 saturated heterocycles.